The van der Waals surface area contributed by atoms with Crippen LogP contribution in [0.2, 0.25) is 0 Å². The van der Waals surface area contributed by atoms with Crippen molar-refractivity contribution in [2.75, 3.05) is 7.11 Å². The summed E-state index contributed by atoms with van der Waals surface area (Å²) >= 11 is 0. The van der Waals surface area contributed by atoms with Gasteiger partial charge in [0.1, 0.15) is 0 Å². The number of carbonyl (C=O) groups excluding carboxylic acids is 1. The molecule has 0 aromatic heterocycles. The van der Waals surface area contributed by atoms with E-state index in [0.717, 1.165) is 5.56 Å². The highest BCUT2D eigenvalue weighted by atomic mass is 16.5. The topological polar surface area (TPSA) is 46.5 Å². The molecule has 2 aromatic carbocycles. The lowest BCUT2D eigenvalue weighted by Gasteiger charge is -2.05. The second kappa shape index (κ2) is 6.94. The van der Waals surface area contributed by atoms with Gasteiger partial charge in [0.25, 0.3) is 0 Å². The first-order chi connectivity index (χ1) is 10.5. The Hall–Kier alpha value is -2.55. The molecule has 0 fully saturated rings. The lowest BCUT2D eigenvalue weighted by Crippen LogP contribution is -1.95. The van der Waals surface area contributed by atoms with E-state index < -0.39 is 0 Å². The first-order valence-electron chi connectivity index (χ1n) is 7.20. The lowest BCUT2D eigenvalue weighted by molar-refractivity contribution is 0.104. The van der Waals surface area contributed by atoms with E-state index in [1.807, 2.05) is 24.3 Å². The van der Waals surface area contributed by atoms with Gasteiger partial charge >= 0.3 is 0 Å². The zero-order valence-corrected chi connectivity index (χ0v) is 13.0. The molecule has 22 heavy (non-hydrogen) atoms. The number of hydrogen-bond acceptors (Lipinski definition) is 3. The normalized spacial score (nSPS) is 11.1. The molecule has 0 heterocycles. The number of aromatic hydroxyl groups is 1. The molecule has 0 bridgehead atoms. The van der Waals surface area contributed by atoms with Crippen molar-refractivity contribution in [1.82, 2.24) is 0 Å². The Morgan fingerprint density at radius 1 is 1.14 bits per heavy atom. The number of ketones is 1. The summed E-state index contributed by atoms with van der Waals surface area (Å²) in [5.74, 6) is 0.859. The molecular formula is C19H20O3. The molecule has 0 saturated heterocycles. The maximum absolute atomic E-state index is 12.2. The monoisotopic (exact) mass is 296 g/mol. The number of benzene rings is 2. The first kappa shape index (κ1) is 15.8. The van der Waals surface area contributed by atoms with Gasteiger partial charge in [0.05, 0.1) is 7.11 Å². The summed E-state index contributed by atoms with van der Waals surface area (Å²) in [6.07, 6.45) is 3.23. The van der Waals surface area contributed by atoms with E-state index in [0.29, 0.717) is 17.2 Å². The van der Waals surface area contributed by atoms with Gasteiger partial charge < -0.3 is 9.84 Å². The molecule has 0 atom stereocenters. The maximum Gasteiger partial charge on any atom is 0.185 e. The van der Waals surface area contributed by atoms with E-state index in [1.165, 1.54) is 18.7 Å². The van der Waals surface area contributed by atoms with Crippen LogP contribution in [0.25, 0.3) is 6.08 Å². The SMILES string of the molecule is COc1cc(/C=C/C(=O)c2ccc(C(C)C)cc2)ccc1O. The maximum atomic E-state index is 12.2. The van der Waals surface area contributed by atoms with Gasteiger partial charge in [0.15, 0.2) is 17.3 Å². The first-order valence-corrected chi connectivity index (χ1v) is 7.20. The van der Waals surface area contributed by atoms with Crippen molar-refractivity contribution in [2.45, 2.75) is 19.8 Å². The van der Waals surface area contributed by atoms with Gasteiger partial charge in [-0.15, -0.1) is 0 Å². The predicted molar refractivity (Wildman–Crippen MR) is 88.6 cm³/mol. The van der Waals surface area contributed by atoms with E-state index in [4.69, 9.17) is 4.74 Å². The number of allylic oxidation sites excluding steroid dienone is 1. The smallest absolute Gasteiger partial charge is 0.185 e. The van der Waals surface area contributed by atoms with E-state index in [-0.39, 0.29) is 11.5 Å². The minimum atomic E-state index is -0.0534. The van der Waals surface area contributed by atoms with Crippen LogP contribution in [0.15, 0.2) is 48.5 Å². The summed E-state index contributed by atoms with van der Waals surface area (Å²) in [5, 5.41) is 9.55. The van der Waals surface area contributed by atoms with Crippen LogP contribution >= 0.6 is 0 Å². The van der Waals surface area contributed by atoms with Gasteiger partial charge in [0, 0.05) is 5.56 Å². The highest BCUT2D eigenvalue weighted by molar-refractivity contribution is 6.06. The Morgan fingerprint density at radius 3 is 2.41 bits per heavy atom. The Balaban J connectivity index is 2.14. The van der Waals surface area contributed by atoms with Crippen molar-refractivity contribution in [1.29, 1.82) is 0 Å². The Kier molecular flexibility index (Phi) is 4.99. The Bertz CT molecular complexity index is 682. The molecule has 0 aliphatic heterocycles. The summed E-state index contributed by atoms with van der Waals surface area (Å²) in [6.45, 7) is 4.24. The van der Waals surface area contributed by atoms with E-state index in [2.05, 4.69) is 13.8 Å². The average Bonchev–Trinajstić information content (AvgIpc) is 2.53. The number of ether oxygens (including phenoxy) is 1. The second-order valence-electron chi connectivity index (χ2n) is 5.41. The third-order valence-corrected chi connectivity index (χ3v) is 3.49. The van der Waals surface area contributed by atoms with Crippen LogP contribution in [0.3, 0.4) is 0 Å². The van der Waals surface area contributed by atoms with Crippen LogP contribution < -0.4 is 4.74 Å². The van der Waals surface area contributed by atoms with Gasteiger partial charge in [-0.2, -0.15) is 0 Å². The van der Waals surface area contributed by atoms with Gasteiger partial charge in [-0.05, 0) is 35.3 Å². The molecule has 0 saturated carbocycles. The summed E-state index contributed by atoms with van der Waals surface area (Å²) < 4.78 is 5.04. The van der Waals surface area contributed by atoms with E-state index in [1.54, 1.807) is 24.3 Å². The van der Waals surface area contributed by atoms with Crippen molar-refractivity contribution in [3.8, 4) is 11.5 Å². The van der Waals surface area contributed by atoms with Crippen LogP contribution in [0, 0.1) is 0 Å². The number of hydrogen-bond donors (Lipinski definition) is 1. The summed E-state index contributed by atoms with van der Waals surface area (Å²) in [4.78, 5) is 12.2. The molecule has 0 aliphatic carbocycles. The fraction of sp³-hybridized carbons (Fsp3) is 0.211. The van der Waals surface area contributed by atoms with Crippen LogP contribution in [0.4, 0.5) is 0 Å². The summed E-state index contributed by atoms with van der Waals surface area (Å²) in [6, 6.07) is 12.6. The third kappa shape index (κ3) is 3.76. The van der Waals surface area contributed by atoms with Crippen molar-refractivity contribution in [2.24, 2.45) is 0 Å². The summed E-state index contributed by atoms with van der Waals surface area (Å²) in [5.41, 5.74) is 2.66. The number of rotatable bonds is 5. The van der Waals surface area contributed by atoms with Crippen molar-refractivity contribution in [3.05, 3.63) is 65.2 Å². The molecule has 2 rings (SSSR count). The van der Waals surface area contributed by atoms with Gasteiger partial charge in [-0.3, -0.25) is 4.79 Å². The fourth-order valence-electron chi connectivity index (χ4n) is 2.10. The van der Waals surface area contributed by atoms with Gasteiger partial charge in [-0.1, -0.05) is 50.3 Å². The van der Waals surface area contributed by atoms with Crippen molar-refractivity contribution >= 4 is 11.9 Å². The molecule has 0 radical (unpaired) electrons. The molecule has 3 nitrogen and oxygen atoms in total. The lowest BCUT2D eigenvalue weighted by atomic mass is 10.0. The van der Waals surface area contributed by atoms with Crippen molar-refractivity contribution < 1.29 is 14.6 Å². The molecule has 0 unspecified atom stereocenters. The Labute approximate surface area is 130 Å². The predicted octanol–water partition coefficient (Wildman–Crippen LogP) is 4.42. The molecule has 0 aliphatic rings. The molecular weight excluding hydrogens is 276 g/mol. The number of phenols is 1. The second-order valence-corrected chi connectivity index (χ2v) is 5.41. The zero-order valence-electron chi connectivity index (χ0n) is 13.0. The molecule has 1 N–H and O–H groups in total. The van der Waals surface area contributed by atoms with Crippen LogP contribution in [-0.2, 0) is 0 Å². The quantitative estimate of drug-likeness (QED) is 0.656. The summed E-state index contributed by atoms with van der Waals surface area (Å²) in [7, 11) is 1.49. The van der Waals surface area contributed by atoms with E-state index in [9.17, 15) is 9.90 Å². The largest absolute Gasteiger partial charge is 0.504 e. The van der Waals surface area contributed by atoms with Crippen LogP contribution in [-0.4, -0.2) is 18.0 Å². The van der Waals surface area contributed by atoms with E-state index >= 15 is 0 Å². The third-order valence-electron chi connectivity index (χ3n) is 3.49. The number of phenolic OH excluding ortho intramolecular Hbond substituents is 1. The highest BCUT2D eigenvalue weighted by Gasteiger charge is 2.05. The van der Waals surface area contributed by atoms with Gasteiger partial charge in [-0.25, -0.2) is 0 Å². The number of methoxy groups -OCH3 is 1. The molecule has 114 valence electrons. The molecule has 0 spiro atoms. The van der Waals surface area contributed by atoms with Crippen LogP contribution in [0.1, 0.15) is 41.3 Å². The molecule has 2 aromatic rings. The standard InChI is InChI=1S/C19H20O3/c1-13(2)15-6-8-16(9-7-15)17(20)10-4-14-5-11-18(21)19(12-14)22-3/h4-13,21H,1-3H3/b10-4+. The fourth-order valence-corrected chi connectivity index (χ4v) is 2.10. The molecule has 3 heteroatoms. The van der Waals surface area contributed by atoms with Crippen LogP contribution in [0.5, 0.6) is 11.5 Å². The molecule has 0 amide bonds. The minimum absolute atomic E-state index is 0.0534. The number of carbonyl (C=O) groups is 1. The average molecular weight is 296 g/mol. The Morgan fingerprint density at radius 2 is 1.82 bits per heavy atom. The minimum Gasteiger partial charge on any atom is -0.504 e. The highest BCUT2D eigenvalue weighted by Crippen LogP contribution is 2.26. The zero-order chi connectivity index (χ0) is 16.1. The van der Waals surface area contributed by atoms with Gasteiger partial charge in [0.2, 0.25) is 0 Å². The van der Waals surface area contributed by atoms with Crippen molar-refractivity contribution in [3.63, 3.8) is 0 Å².